The topological polar surface area (TPSA) is 72.3 Å². The van der Waals surface area contributed by atoms with E-state index in [-0.39, 0.29) is 6.04 Å². The number of hydrogen-bond acceptors (Lipinski definition) is 3. The Bertz CT molecular complexity index is 258. The Hall–Kier alpha value is -1.03. The van der Waals surface area contributed by atoms with Crippen molar-refractivity contribution in [3.63, 3.8) is 0 Å². The summed E-state index contributed by atoms with van der Waals surface area (Å²) in [6, 6.07) is 0.507. The molecule has 13 heavy (non-hydrogen) atoms. The van der Waals surface area contributed by atoms with Crippen LogP contribution in [-0.4, -0.2) is 29.4 Å². The average Bonchev–Trinajstić information content (AvgIpc) is 2.29. The molecule has 0 aromatic heterocycles. The molecular formula is C9H17N3O. The average molecular weight is 183 g/mol. The van der Waals surface area contributed by atoms with E-state index < -0.39 is 5.91 Å². The molecule has 1 heterocycles. The van der Waals surface area contributed by atoms with E-state index in [2.05, 4.69) is 18.7 Å². The van der Waals surface area contributed by atoms with Gasteiger partial charge in [-0.05, 0) is 20.8 Å². The Morgan fingerprint density at radius 2 is 2.15 bits per heavy atom. The minimum absolute atomic E-state index is 0.127. The highest BCUT2D eigenvalue weighted by Crippen LogP contribution is 2.22. The number of nitrogens with two attached hydrogens (primary N) is 2. The summed E-state index contributed by atoms with van der Waals surface area (Å²) in [5.41, 5.74) is 12.2. The first-order valence-corrected chi connectivity index (χ1v) is 4.49. The predicted molar refractivity (Wildman–Crippen MR) is 51.7 cm³/mol. The number of rotatable bonds is 2. The van der Waals surface area contributed by atoms with Crippen molar-refractivity contribution in [3.8, 4) is 0 Å². The lowest BCUT2D eigenvalue weighted by Crippen LogP contribution is -2.37. The molecule has 0 bridgehead atoms. The number of amides is 1. The van der Waals surface area contributed by atoms with Crippen LogP contribution in [0.1, 0.15) is 20.8 Å². The highest BCUT2D eigenvalue weighted by Gasteiger charge is 2.31. The third kappa shape index (κ3) is 1.67. The van der Waals surface area contributed by atoms with Crippen LogP contribution < -0.4 is 11.5 Å². The van der Waals surface area contributed by atoms with Crippen molar-refractivity contribution >= 4 is 5.91 Å². The Balaban J connectivity index is 2.86. The minimum atomic E-state index is -0.396. The molecule has 0 radical (unpaired) electrons. The molecule has 74 valence electrons. The summed E-state index contributed by atoms with van der Waals surface area (Å²) in [5, 5.41) is 0. The largest absolute Gasteiger partial charge is 0.400 e. The zero-order valence-electron chi connectivity index (χ0n) is 8.37. The summed E-state index contributed by atoms with van der Waals surface area (Å²) in [6.45, 7) is 6.73. The van der Waals surface area contributed by atoms with Gasteiger partial charge >= 0.3 is 0 Å². The summed E-state index contributed by atoms with van der Waals surface area (Å²) in [4.78, 5) is 13.1. The van der Waals surface area contributed by atoms with Crippen LogP contribution in [0, 0.1) is 0 Å². The van der Waals surface area contributed by atoms with Gasteiger partial charge in [-0.25, -0.2) is 0 Å². The zero-order chi connectivity index (χ0) is 10.2. The third-order valence-electron chi connectivity index (χ3n) is 2.60. The van der Waals surface area contributed by atoms with E-state index in [0.29, 0.717) is 23.9 Å². The summed E-state index contributed by atoms with van der Waals surface area (Å²) >= 11 is 0. The first-order valence-electron chi connectivity index (χ1n) is 4.49. The molecule has 4 heteroatoms. The second-order valence-corrected chi connectivity index (χ2v) is 3.74. The van der Waals surface area contributed by atoms with Crippen molar-refractivity contribution < 1.29 is 4.79 Å². The monoisotopic (exact) mass is 183 g/mol. The van der Waals surface area contributed by atoms with Gasteiger partial charge in [-0.3, -0.25) is 9.69 Å². The predicted octanol–water partition coefficient (Wildman–Crippen LogP) is -0.203. The summed E-state index contributed by atoms with van der Waals surface area (Å²) < 4.78 is 0. The van der Waals surface area contributed by atoms with E-state index in [4.69, 9.17) is 11.5 Å². The van der Waals surface area contributed by atoms with Gasteiger partial charge in [0.2, 0.25) is 5.91 Å². The normalized spacial score (nSPS) is 24.5. The van der Waals surface area contributed by atoms with Crippen LogP contribution >= 0.6 is 0 Å². The molecule has 1 rings (SSSR count). The molecule has 1 amide bonds. The molecule has 0 saturated heterocycles. The van der Waals surface area contributed by atoms with E-state index in [1.54, 1.807) is 0 Å². The van der Waals surface area contributed by atoms with Crippen LogP contribution in [-0.2, 0) is 4.79 Å². The summed E-state index contributed by atoms with van der Waals surface area (Å²) in [5.74, 6) is -0.396. The first kappa shape index (κ1) is 10.1. The van der Waals surface area contributed by atoms with Crippen molar-refractivity contribution in [2.45, 2.75) is 32.9 Å². The van der Waals surface area contributed by atoms with Gasteiger partial charge in [0.05, 0.1) is 5.57 Å². The van der Waals surface area contributed by atoms with Crippen molar-refractivity contribution in [2.75, 3.05) is 6.54 Å². The second kappa shape index (κ2) is 3.38. The lowest BCUT2D eigenvalue weighted by Gasteiger charge is -2.26. The second-order valence-electron chi connectivity index (χ2n) is 3.74. The van der Waals surface area contributed by atoms with Gasteiger partial charge in [0.1, 0.15) is 0 Å². The van der Waals surface area contributed by atoms with Crippen molar-refractivity contribution in [3.05, 3.63) is 11.3 Å². The highest BCUT2D eigenvalue weighted by atomic mass is 16.1. The third-order valence-corrected chi connectivity index (χ3v) is 2.60. The molecule has 4 nitrogen and oxygen atoms in total. The van der Waals surface area contributed by atoms with Crippen molar-refractivity contribution in [2.24, 2.45) is 11.5 Å². The smallest absolute Gasteiger partial charge is 0.247 e. The molecule has 1 aliphatic heterocycles. The van der Waals surface area contributed by atoms with E-state index >= 15 is 0 Å². The Morgan fingerprint density at radius 1 is 1.62 bits per heavy atom. The lowest BCUT2D eigenvalue weighted by molar-refractivity contribution is -0.114. The van der Waals surface area contributed by atoms with E-state index in [1.165, 1.54) is 0 Å². The minimum Gasteiger partial charge on any atom is -0.400 e. The maximum Gasteiger partial charge on any atom is 0.247 e. The lowest BCUT2D eigenvalue weighted by atomic mass is 10.2. The molecule has 1 unspecified atom stereocenters. The van der Waals surface area contributed by atoms with Gasteiger partial charge in [0.15, 0.2) is 0 Å². The quantitative estimate of drug-likeness (QED) is 0.622. The molecule has 4 N–H and O–H groups in total. The summed E-state index contributed by atoms with van der Waals surface area (Å²) in [6.07, 6.45) is 0. The molecule has 0 aliphatic carbocycles. The van der Waals surface area contributed by atoms with E-state index in [0.717, 1.165) is 0 Å². The van der Waals surface area contributed by atoms with E-state index in [1.807, 2.05) is 6.92 Å². The van der Waals surface area contributed by atoms with Gasteiger partial charge < -0.3 is 11.5 Å². The molecule has 0 fully saturated rings. The van der Waals surface area contributed by atoms with Gasteiger partial charge in [0.25, 0.3) is 0 Å². The molecule has 1 aliphatic rings. The van der Waals surface area contributed by atoms with Crippen LogP contribution in [0.3, 0.4) is 0 Å². The van der Waals surface area contributed by atoms with Crippen molar-refractivity contribution in [1.29, 1.82) is 0 Å². The van der Waals surface area contributed by atoms with Crippen LogP contribution in [0.2, 0.25) is 0 Å². The number of carbonyl (C=O) groups is 1. The molecule has 1 atom stereocenters. The highest BCUT2D eigenvalue weighted by molar-refractivity contribution is 5.93. The van der Waals surface area contributed by atoms with E-state index in [9.17, 15) is 4.79 Å². The van der Waals surface area contributed by atoms with Gasteiger partial charge in [0, 0.05) is 24.3 Å². The fourth-order valence-electron chi connectivity index (χ4n) is 1.69. The van der Waals surface area contributed by atoms with Crippen LogP contribution in [0.15, 0.2) is 11.3 Å². The Kier molecular flexibility index (Phi) is 2.61. The molecule has 0 aromatic carbocycles. The fourth-order valence-corrected chi connectivity index (χ4v) is 1.69. The maximum absolute atomic E-state index is 11.0. The zero-order valence-corrected chi connectivity index (χ0v) is 8.37. The number of hydrogen-bond donors (Lipinski definition) is 2. The molecular weight excluding hydrogens is 166 g/mol. The van der Waals surface area contributed by atoms with Crippen LogP contribution in [0.4, 0.5) is 0 Å². The summed E-state index contributed by atoms with van der Waals surface area (Å²) in [7, 11) is 0. The number of carbonyl (C=O) groups excluding carboxylic acids is 1. The van der Waals surface area contributed by atoms with Crippen LogP contribution in [0.5, 0.6) is 0 Å². The first-order chi connectivity index (χ1) is 5.95. The maximum atomic E-state index is 11.0. The van der Waals surface area contributed by atoms with Gasteiger partial charge in [-0.2, -0.15) is 0 Å². The Morgan fingerprint density at radius 3 is 2.38 bits per heavy atom. The van der Waals surface area contributed by atoms with Gasteiger partial charge in [-0.15, -0.1) is 0 Å². The molecule has 0 saturated carbocycles. The van der Waals surface area contributed by atoms with Gasteiger partial charge in [-0.1, -0.05) is 0 Å². The number of primary amides is 1. The number of nitrogens with zero attached hydrogens (tertiary/aromatic N) is 1. The Labute approximate surface area is 78.6 Å². The standard InChI is InChI=1S/C9H17N3O/c1-5(2)12-4-7(9(11)13)8(10)6(12)3/h5-6H,4,10H2,1-3H3,(H2,11,13). The van der Waals surface area contributed by atoms with Crippen molar-refractivity contribution in [1.82, 2.24) is 4.90 Å². The van der Waals surface area contributed by atoms with Crippen LogP contribution in [0.25, 0.3) is 0 Å². The SMILES string of the molecule is CC(C)N1CC(C(N)=O)=C(N)C1C. The molecule has 0 spiro atoms. The fraction of sp³-hybridized carbons (Fsp3) is 0.667. The molecule has 0 aromatic rings.